The third-order valence-electron chi connectivity index (χ3n) is 2.94. The first-order chi connectivity index (χ1) is 8.61. The molecule has 18 heavy (non-hydrogen) atoms. The van der Waals surface area contributed by atoms with Crippen LogP contribution < -0.4 is 4.74 Å². The summed E-state index contributed by atoms with van der Waals surface area (Å²) in [4.78, 5) is 0. The first-order valence-corrected chi connectivity index (χ1v) is 6.07. The molecule has 0 bridgehead atoms. The van der Waals surface area contributed by atoms with Gasteiger partial charge in [-0.2, -0.15) is 0 Å². The van der Waals surface area contributed by atoms with Crippen molar-refractivity contribution in [2.45, 2.75) is 13.0 Å². The summed E-state index contributed by atoms with van der Waals surface area (Å²) < 4.78 is 5.15. The van der Waals surface area contributed by atoms with Crippen LogP contribution in [0.25, 0.3) is 0 Å². The number of methoxy groups -OCH3 is 1. The van der Waals surface area contributed by atoms with E-state index in [0.29, 0.717) is 5.02 Å². The second kappa shape index (κ2) is 5.42. The second-order valence-corrected chi connectivity index (χ2v) is 4.62. The molecule has 0 spiro atoms. The molecular weight excluding hydrogens is 248 g/mol. The van der Waals surface area contributed by atoms with E-state index >= 15 is 0 Å². The molecule has 94 valence electrons. The summed E-state index contributed by atoms with van der Waals surface area (Å²) in [5, 5.41) is 11.0. The van der Waals surface area contributed by atoms with Crippen molar-refractivity contribution in [3.8, 4) is 5.75 Å². The molecule has 0 aliphatic rings. The van der Waals surface area contributed by atoms with Crippen molar-refractivity contribution in [1.29, 1.82) is 0 Å². The van der Waals surface area contributed by atoms with Crippen LogP contribution >= 0.6 is 11.6 Å². The van der Waals surface area contributed by atoms with Crippen molar-refractivity contribution in [2.24, 2.45) is 0 Å². The Morgan fingerprint density at radius 3 is 2.56 bits per heavy atom. The molecule has 0 aliphatic heterocycles. The molecule has 0 amide bonds. The molecule has 1 N–H and O–H groups in total. The van der Waals surface area contributed by atoms with Crippen molar-refractivity contribution >= 4 is 11.6 Å². The van der Waals surface area contributed by atoms with Crippen LogP contribution in [-0.2, 0) is 0 Å². The molecule has 0 saturated heterocycles. The van der Waals surface area contributed by atoms with Crippen molar-refractivity contribution in [1.82, 2.24) is 0 Å². The largest absolute Gasteiger partial charge is 0.497 e. The highest BCUT2D eigenvalue weighted by molar-refractivity contribution is 6.30. The lowest BCUT2D eigenvalue weighted by Gasteiger charge is -2.15. The van der Waals surface area contributed by atoms with Gasteiger partial charge in [-0.1, -0.05) is 29.8 Å². The zero-order chi connectivity index (χ0) is 13.1. The summed E-state index contributed by atoms with van der Waals surface area (Å²) in [6, 6.07) is 12.9. The SMILES string of the molecule is COc1ccc(C(O)c2cccc(Cl)c2)c(C)c1. The monoisotopic (exact) mass is 262 g/mol. The van der Waals surface area contributed by atoms with E-state index in [4.69, 9.17) is 16.3 Å². The summed E-state index contributed by atoms with van der Waals surface area (Å²) in [5.41, 5.74) is 2.63. The minimum absolute atomic E-state index is 0.623. The van der Waals surface area contributed by atoms with E-state index in [0.717, 1.165) is 22.4 Å². The van der Waals surface area contributed by atoms with Gasteiger partial charge in [0, 0.05) is 5.02 Å². The number of halogens is 1. The van der Waals surface area contributed by atoms with Crippen LogP contribution in [0.15, 0.2) is 42.5 Å². The smallest absolute Gasteiger partial charge is 0.119 e. The van der Waals surface area contributed by atoms with Gasteiger partial charge in [0.25, 0.3) is 0 Å². The lowest BCUT2D eigenvalue weighted by molar-refractivity contribution is 0.219. The Kier molecular flexibility index (Phi) is 3.90. The summed E-state index contributed by atoms with van der Waals surface area (Å²) in [7, 11) is 1.63. The molecule has 0 aliphatic carbocycles. The summed E-state index contributed by atoms with van der Waals surface area (Å²) in [6.07, 6.45) is -0.672. The minimum atomic E-state index is -0.672. The van der Waals surface area contributed by atoms with Gasteiger partial charge in [0.2, 0.25) is 0 Å². The van der Waals surface area contributed by atoms with Gasteiger partial charge in [0.05, 0.1) is 7.11 Å². The number of aliphatic hydroxyl groups excluding tert-OH is 1. The van der Waals surface area contributed by atoms with Crippen LogP contribution in [0.3, 0.4) is 0 Å². The number of aliphatic hydroxyl groups is 1. The molecule has 0 radical (unpaired) electrons. The number of aryl methyl sites for hydroxylation is 1. The van der Waals surface area contributed by atoms with Gasteiger partial charge in [-0.3, -0.25) is 0 Å². The zero-order valence-corrected chi connectivity index (χ0v) is 11.1. The molecule has 2 nitrogen and oxygen atoms in total. The van der Waals surface area contributed by atoms with Crippen LogP contribution in [-0.4, -0.2) is 12.2 Å². The predicted molar refractivity (Wildman–Crippen MR) is 73.2 cm³/mol. The van der Waals surface area contributed by atoms with Crippen molar-refractivity contribution in [2.75, 3.05) is 7.11 Å². The third kappa shape index (κ3) is 2.66. The standard InChI is InChI=1S/C15H15ClO2/c1-10-8-13(18-2)6-7-14(10)15(17)11-4-3-5-12(16)9-11/h3-9,15,17H,1-2H3. The van der Waals surface area contributed by atoms with Crippen LogP contribution in [0.1, 0.15) is 22.8 Å². The Morgan fingerprint density at radius 2 is 1.94 bits per heavy atom. The summed E-state index contributed by atoms with van der Waals surface area (Å²) in [5.74, 6) is 0.787. The van der Waals surface area contributed by atoms with E-state index in [1.165, 1.54) is 0 Å². The maximum atomic E-state index is 10.4. The van der Waals surface area contributed by atoms with Gasteiger partial charge in [0.1, 0.15) is 11.9 Å². The van der Waals surface area contributed by atoms with E-state index in [1.54, 1.807) is 19.2 Å². The molecule has 0 saturated carbocycles. The van der Waals surface area contributed by atoms with Gasteiger partial charge in [-0.25, -0.2) is 0 Å². The quantitative estimate of drug-likeness (QED) is 0.913. The summed E-state index contributed by atoms with van der Waals surface area (Å²) >= 11 is 5.93. The fourth-order valence-corrected chi connectivity index (χ4v) is 2.14. The fourth-order valence-electron chi connectivity index (χ4n) is 1.94. The maximum absolute atomic E-state index is 10.4. The lowest BCUT2D eigenvalue weighted by atomic mass is 9.97. The number of benzene rings is 2. The highest BCUT2D eigenvalue weighted by Crippen LogP contribution is 2.28. The Morgan fingerprint density at radius 1 is 1.17 bits per heavy atom. The van der Waals surface area contributed by atoms with Gasteiger partial charge in [-0.15, -0.1) is 0 Å². The van der Waals surface area contributed by atoms with Crippen LogP contribution in [0.4, 0.5) is 0 Å². The highest BCUT2D eigenvalue weighted by Gasteiger charge is 2.13. The Labute approximate surface area is 112 Å². The molecule has 1 atom stereocenters. The third-order valence-corrected chi connectivity index (χ3v) is 3.17. The van der Waals surface area contributed by atoms with E-state index in [9.17, 15) is 5.11 Å². The highest BCUT2D eigenvalue weighted by atomic mass is 35.5. The summed E-state index contributed by atoms with van der Waals surface area (Å²) in [6.45, 7) is 1.95. The van der Waals surface area contributed by atoms with Gasteiger partial charge in [-0.05, 0) is 47.9 Å². The van der Waals surface area contributed by atoms with Gasteiger partial charge in [0.15, 0.2) is 0 Å². The molecule has 0 aromatic heterocycles. The topological polar surface area (TPSA) is 29.5 Å². The van der Waals surface area contributed by atoms with Crippen molar-refractivity contribution in [3.63, 3.8) is 0 Å². The average Bonchev–Trinajstić information content (AvgIpc) is 2.37. The molecule has 2 aromatic rings. The Bertz CT molecular complexity index is 552. The normalized spacial score (nSPS) is 12.2. The molecule has 0 fully saturated rings. The van der Waals surface area contributed by atoms with Crippen LogP contribution in [0, 0.1) is 6.92 Å². The number of rotatable bonds is 3. The number of hydrogen-bond acceptors (Lipinski definition) is 2. The van der Waals surface area contributed by atoms with Crippen LogP contribution in [0.2, 0.25) is 5.02 Å². The van der Waals surface area contributed by atoms with Gasteiger partial charge < -0.3 is 9.84 Å². The Balaban J connectivity index is 2.37. The van der Waals surface area contributed by atoms with E-state index in [2.05, 4.69) is 0 Å². The molecule has 2 aromatic carbocycles. The lowest BCUT2D eigenvalue weighted by Crippen LogP contribution is -2.02. The average molecular weight is 263 g/mol. The maximum Gasteiger partial charge on any atom is 0.119 e. The Hall–Kier alpha value is -1.51. The zero-order valence-electron chi connectivity index (χ0n) is 10.4. The first-order valence-electron chi connectivity index (χ1n) is 5.70. The van der Waals surface area contributed by atoms with E-state index in [-0.39, 0.29) is 0 Å². The second-order valence-electron chi connectivity index (χ2n) is 4.18. The number of hydrogen-bond donors (Lipinski definition) is 1. The number of ether oxygens (including phenoxy) is 1. The predicted octanol–water partition coefficient (Wildman–Crippen LogP) is 3.74. The molecule has 1 unspecified atom stereocenters. The van der Waals surface area contributed by atoms with Crippen molar-refractivity contribution < 1.29 is 9.84 Å². The molecule has 2 rings (SSSR count). The van der Waals surface area contributed by atoms with Crippen molar-refractivity contribution in [3.05, 3.63) is 64.2 Å². The van der Waals surface area contributed by atoms with E-state index < -0.39 is 6.10 Å². The molecular formula is C15H15ClO2. The molecule has 0 heterocycles. The first kappa shape index (κ1) is 12.9. The van der Waals surface area contributed by atoms with E-state index in [1.807, 2.05) is 37.3 Å². The minimum Gasteiger partial charge on any atom is -0.497 e. The van der Waals surface area contributed by atoms with Crippen LogP contribution in [0.5, 0.6) is 5.75 Å². The van der Waals surface area contributed by atoms with Gasteiger partial charge >= 0.3 is 0 Å². The fraction of sp³-hybridized carbons (Fsp3) is 0.200. The molecule has 3 heteroatoms.